The molecule has 0 radical (unpaired) electrons. The van der Waals surface area contributed by atoms with Gasteiger partial charge in [0, 0.05) is 0 Å². The van der Waals surface area contributed by atoms with Crippen LogP contribution in [0.5, 0.6) is 0 Å². The molecule has 2 N–H and O–H groups in total. The second kappa shape index (κ2) is 5.44. The third-order valence-electron chi connectivity index (χ3n) is 3.22. The maximum absolute atomic E-state index is 13.3. The maximum Gasteiger partial charge on any atom is 0.419 e. The van der Waals surface area contributed by atoms with Crippen molar-refractivity contribution >= 4 is 0 Å². The van der Waals surface area contributed by atoms with Crippen molar-refractivity contribution < 1.29 is 22.0 Å². The molecule has 2 aromatic carbocycles. The largest absolute Gasteiger partial charge is 0.419 e. The Morgan fingerprint density at radius 1 is 1.00 bits per heavy atom. The van der Waals surface area contributed by atoms with Gasteiger partial charge in [-0.1, -0.05) is 12.1 Å². The van der Waals surface area contributed by atoms with Crippen molar-refractivity contribution in [3.05, 3.63) is 70.3 Å². The first-order chi connectivity index (χ1) is 9.70. The van der Waals surface area contributed by atoms with Gasteiger partial charge in [-0.05, 0) is 47.9 Å². The molecule has 1 unspecified atom stereocenters. The van der Waals surface area contributed by atoms with E-state index < -0.39 is 29.4 Å². The fourth-order valence-electron chi connectivity index (χ4n) is 2.12. The van der Waals surface area contributed by atoms with Crippen LogP contribution < -0.4 is 5.73 Å². The molecule has 0 aliphatic heterocycles. The Morgan fingerprint density at radius 2 is 1.67 bits per heavy atom. The van der Waals surface area contributed by atoms with Crippen LogP contribution in [-0.4, -0.2) is 0 Å². The number of benzene rings is 2. The molecule has 1 atom stereocenters. The molecule has 2 aromatic rings. The first kappa shape index (κ1) is 15.4. The summed E-state index contributed by atoms with van der Waals surface area (Å²) >= 11 is 0. The number of aryl methyl sites for hydroxylation is 1. The van der Waals surface area contributed by atoms with Gasteiger partial charge in [-0.25, -0.2) is 8.78 Å². The second-order valence-electron chi connectivity index (χ2n) is 4.72. The fourth-order valence-corrected chi connectivity index (χ4v) is 2.12. The van der Waals surface area contributed by atoms with Crippen LogP contribution in [0.15, 0.2) is 36.4 Å². The average Bonchev–Trinajstić information content (AvgIpc) is 2.37. The molecular formula is C15H12F5N. The first-order valence-corrected chi connectivity index (χ1v) is 6.08. The van der Waals surface area contributed by atoms with Crippen molar-refractivity contribution in [2.75, 3.05) is 0 Å². The zero-order valence-electron chi connectivity index (χ0n) is 11.0. The van der Waals surface area contributed by atoms with Crippen LogP contribution in [-0.2, 0) is 6.18 Å². The molecule has 0 aliphatic carbocycles. The van der Waals surface area contributed by atoms with E-state index in [-0.39, 0.29) is 5.56 Å². The molecule has 0 amide bonds. The quantitative estimate of drug-likeness (QED) is 0.820. The molecule has 21 heavy (non-hydrogen) atoms. The van der Waals surface area contributed by atoms with Crippen LogP contribution in [0, 0.1) is 18.6 Å². The van der Waals surface area contributed by atoms with Crippen molar-refractivity contribution in [2.45, 2.75) is 19.1 Å². The number of rotatable bonds is 2. The number of alkyl halides is 3. The third kappa shape index (κ3) is 3.21. The lowest BCUT2D eigenvalue weighted by atomic mass is 9.94. The minimum absolute atomic E-state index is 0.110. The van der Waals surface area contributed by atoms with Gasteiger partial charge in [0.1, 0.15) is 11.6 Å². The van der Waals surface area contributed by atoms with Crippen molar-refractivity contribution in [1.82, 2.24) is 0 Å². The average molecular weight is 301 g/mol. The fraction of sp³-hybridized carbons (Fsp3) is 0.200. The Balaban J connectivity index is 2.46. The van der Waals surface area contributed by atoms with Crippen LogP contribution in [0.25, 0.3) is 0 Å². The van der Waals surface area contributed by atoms with E-state index in [2.05, 4.69) is 0 Å². The minimum atomic E-state index is -4.79. The zero-order chi connectivity index (χ0) is 15.8. The molecule has 0 fully saturated rings. The Kier molecular flexibility index (Phi) is 4.00. The SMILES string of the molecule is Cc1cc(F)ccc1C(N)c1ccc(F)c(C(F)(F)F)c1. The van der Waals surface area contributed by atoms with E-state index in [1.165, 1.54) is 24.3 Å². The molecule has 0 heterocycles. The second-order valence-corrected chi connectivity index (χ2v) is 4.72. The van der Waals surface area contributed by atoms with Crippen LogP contribution >= 0.6 is 0 Å². The summed E-state index contributed by atoms with van der Waals surface area (Å²) < 4.78 is 64.4. The highest BCUT2D eigenvalue weighted by Crippen LogP contribution is 2.34. The highest BCUT2D eigenvalue weighted by atomic mass is 19.4. The predicted octanol–water partition coefficient (Wildman–Crippen LogP) is 4.34. The normalized spacial score (nSPS) is 13.3. The summed E-state index contributed by atoms with van der Waals surface area (Å²) in [4.78, 5) is 0. The summed E-state index contributed by atoms with van der Waals surface area (Å²) in [5.41, 5.74) is 5.66. The Labute approximate surface area is 118 Å². The Hall–Kier alpha value is -1.95. The van der Waals surface area contributed by atoms with Gasteiger partial charge in [0.25, 0.3) is 0 Å². The molecule has 0 saturated carbocycles. The Morgan fingerprint density at radius 3 is 2.24 bits per heavy atom. The molecule has 1 nitrogen and oxygen atoms in total. The number of hydrogen-bond donors (Lipinski definition) is 1. The zero-order valence-corrected chi connectivity index (χ0v) is 11.0. The van der Waals surface area contributed by atoms with Gasteiger partial charge in [0.2, 0.25) is 0 Å². The number of halogens is 5. The van der Waals surface area contributed by atoms with E-state index in [0.717, 1.165) is 6.07 Å². The molecule has 112 valence electrons. The monoisotopic (exact) mass is 301 g/mol. The van der Waals surface area contributed by atoms with Crippen molar-refractivity contribution in [1.29, 1.82) is 0 Å². The van der Waals surface area contributed by atoms with Gasteiger partial charge >= 0.3 is 6.18 Å². The minimum Gasteiger partial charge on any atom is -0.320 e. The summed E-state index contributed by atoms with van der Waals surface area (Å²) in [6.45, 7) is 1.60. The van der Waals surface area contributed by atoms with E-state index in [1.54, 1.807) is 6.92 Å². The Bertz CT molecular complexity index is 664. The predicted molar refractivity (Wildman–Crippen MR) is 68.6 cm³/mol. The van der Waals surface area contributed by atoms with Crippen molar-refractivity contribution in [2.24, 2.45) is 5.73 Å². The van der Waals surface area contributed by atoms with E-state index >= 15 is 0 Å². The lowest BCUT2D eigenvalue weighted by Gasteiger charge is -2.17. The van der Waals surface area contributed by atoms with Crippen molar-refractivity contribution in [3.63, 3.8) is 0 Å². The van der Waals surface area contributed by atoms with Gasteiger partial charge in [-0.3, -0.25) is 0 Å². The molecule has 0 bridgehead atoms. The number of hydrogen-bond acceptors (Lipinski definition) is 1. The first-order valence-electron chi connectivity index (χ1n) is 6.08. The highest BCUT2D eigenvalue weighted by Gasteiger charge is 2.34. The highest BCUT2D eigenvalue weighted by molar-refractivity contribution is 5.39. The molecule has 6 heteroatoms. The topological polar surface area (TPSA) is 26.0 Å². The standard InChI is InChI=1S/C15H12F5N/c1-8-6-10(16)3-4-11(8)14(21)9-2-5-13(17)12(7-9)15(18,19)20/h2-7,14H,21H2,1H3. The van der Waals surface area contributed by atoms with Gasteiger partial charge in [0.15, 0.2) is 0 Å². The van der Waals surface area contributed by atoms with Crippen LogP contribution in [0.3, 0.4) is 0 Å². The van der Waals surface area contributed by atoms with E-state index in [9.17, 15) is 22.0 Å². The molecular weight excluding hydrogens is 289 g/mol. The van der Waals surface area contributed by atoms with E-state index in [0.29, 0.717) is 17.2 Å². The van der Waals surface area contributed by atoms with Crippen LogP contribution in [0.4, 0.5) is 22.0 Å². The summed E-state index contributed by atoms with van der Waals surface area (Å²) in [5.74, 6) is -1.81. The number of nitrogens with two attached hydrogens (primary N) is 1. The van der Waals surface area contributed by atoms with Gasteiger partial charge in [0.05, 0.1) is 11.6 Å². The summed E-state index contributed by atoms with van der Waals surface area (Å²) in [6, 6.07) is 5.54. The van der Waals surface area contributed by atoms with Crippen LogP contribution in [0.1, 0.15) is 28.3 Å². The van der Waals surface area contributed by atoms with Crippen LogP contribution in [0.2, 0.25) is 0 Å². The maximum atomic E-state index is 13.3. The molecule has 0 aromatic heterocycles. The molecule has 0 spiro atoms. The van der Waals surface area contributed by atoms with Gasteiger partial charge < -0.3 is 5.73 Å². The lowest BCUT2D eigenvalue weighted by molar-refractivity contribution is -0.140. The smallest absolute Gasteiger partial charge is 0.320 e. The van der Waals surface area contributed by atoms with Gasteiger partial charge in [-0.15, -0.1) is 0 Å². The van der Waals surface area contributed by atoms with Gasteiger partial charge in [-0.2, -0.15) is 13.2 Å². The third-order valence-corrected chi connectivity index (χ3v) is 3.22. The van der Waals surface area contributed by atoms with E-state index in [1.807, 2.05) is 0 Å². The summed E-state index contributed by atoms with van der Waals surface area (Å²) in [6.07, 6.45) is -4.79. The van der Waals surface area contributed by atoms with Crippen molar-refractivity contribution in [3.8, 4) is 0 Å². The summed E-state index contributed by atoms with van der Waals surface area (Å²) in [5, 5.41) is 0. The summed E-state index contributed by atoms with van der Waals surface area (Å²) in [7, 11) is 0. The van der Waals surface area contributed by atoms with E-state index in [4.69, 9.17) is 5.73 Å². The molecule has 0 saturated heterocycles. The molecule has 0 aliphatic rings. The lowest BCUT2D eigenvalue weighted by Crippen LogP contribution is -2.16. The molecule has 2 rings (SSSR count).